The standard InChI is InChI=1S/C10H9F4NO/c11-7-2-3-8(10(12,13)14)6(5-7)1-4-9(15)16/h2-3,5H,1,4H2,(H2,15,16). The summed E-state index contributed by atoms with van der Waals surface area (Å²) in [7, 11) is 0. The summed E-state index contributed by atoms with van der Waals surface area (Å²) in [6, 6.07) is 2.16. The first kappa shape index (κ1) is 12.5. The summed E-state index contributed by atoms with van der Waals surface area (Å²) in [4.78, 5) is 10.5. The first-order chi connectivity index (χ1) is 7.30. The van der Waals surface area contributed by atoms with Gasteiger partial charge in [-0.15, -0.1) is 0 Å². The molecular formula is C10H9F4NO. The Kier molecular flexibility index (Phi) is 3.51. The molecular weight excluding hydrogens is 226 g/mol. The topological polar surface area (TPSA) is 43.1 Å². The molecule has 0 aliphatic heterocycles. The van der Waals surface area contributed by atoms with Crippen molar-refractivity contribution in [1.82, 2.24) is 0 Å². The normalized spacial score (nSPS) is 11.5. The molecule has 0 aliphatic rings. The third kappa shape index (κ3) is 3.22. The zero-order valence-electron chi connectivity index (χ0n) is 8.14. The van der Waals surface area contributed by atoms with Crippen molar-refractivity contribution >= 4 is 5.91 Å². The largest absolute Gasteiger partial charge is 0.416 e. The minimum atomic E-state index is -4.55. The van der Waals surface area contributed by atoms with E-state index in [1.165, 1.54) is 0 Å². The summed E-state index contributed by atoms with van der Waals surface area (Å²) in [5.74, 6) is -1.50. The first-order valence-electron chi connectivity index (χ1n) is 4.44. The van der Waals surface area contributed by atoms with E-state index in [1.807, 2.05) is 0 Å². The van der Waals surface area contributed by atoms with E-state index < -0.39 is 23.5 Å². The molecule has 0 aromatic heterocycles. The van der Waals surface area contributed by atoms with Gasteiger partial charge in [0.1, 0.15) is 5.82 Å². The van der Waals surface area contributed by atoms with Crippen molar-refractivity contribution in [2.75, 3.05) is 0 Å². The Morgan fingerprint density at radius 3 is 2.44 bits per heavy atom. The van der Waals surface area contributed by atoms with Crippen LogP contribution in [-0.4, -0.2) is 5.91 Å². The number of benzene rings is 1. The van der Waals surface area contributed by atoms with Crippen LogP contribution in [0.3, 0.4) is 0 Å². The minimum Gasteiger partial charge on any atom is -0.370 e. The molecule has 88 valence electrons. The van der Waals surface area contributed by atoms with Crippen LogP contribution in [-0.2, 0) is 17.4 Å². The zero-order chi connectivity index (χ0) is 12.3. The van der Waals surface area contributed by atoms with Gasteiger partial charge in [-0.1, -0.05) is 0 Å². The molecule has 0 atom stereocenters. The maximum Gasteiger partial charge on any atom is 0.416 e. The molecule has 0 heterocycles. The second kappa shape index (κ2) is 4.51. The molecule has 1 aromatic carbocycles. The fraction of sp³-hybridized carbons (Fsp3) is 0.300. The lowest BCUT2D eigenvalue weighted by atomic mass is 10.0. The van der Waals surface area contributed by atoms with Crippen molar-refractivity contribution in [2.24, 2.45) is 5.73 Å². The van der Waals surface area contributed by atoms with Gasteiger partial charge < -0.3 is 5.73 Å². The van der Waals surface area contributed by atoms with Crippen LogP contribution in [0.1, 0.15) is 17.5 Å². The van der Waals surface area contributed by atoms with Gasteiger partial charge in [-0.2, -0.15) is 13.2 Å². The number of hydrogen-bond acceptors (Lipinski definition) is 1. The number of hydrogen-bond donors (Lipinski definition) is 1. The number of rotatable bonds is 3. The Labute approximate surface area is 89.1 Å². The first-order valence-corrected chi connectivity index (χ1v) is 4.44. The SMILES string of the molecule is NC(=O)CCc1cc(F)ccc1C(F)(F)F. The van der Waals surface area contributed by atoms with E-state index >= 15 is 0 Å². The maximum absolute atomic E-state index is 12.8. The maximum atomic E-state index is 12.8. The molecule has 0 unspecified atom stereocenters. The van der Waals surface area contributed by atoms with Gasteiger partial charge in [-0.3, -0.25) is 4.79 Å². The highest BCUT2D eigenvalue weighted by atomic mass is 19.4. The van der Waals surface area contributed by atoms with Gasteiger partial charge in [-0.05, 0) is 30.2 Å². The van der Waals surface area contributed by atoms with E-state index in [4.69, 9.17) is 5.73 Å². The van der Waals surface area contributed by atoms with Gasteiger partial charge >= 0.3 is 6.18 Å². The number of primary amides is 1. The van der Waals surface area contributed by atoms with E-state index in [2.05, 4.69) is 0 Å². The van der Waals surface area contributed by atoms with Crippen LogP contribution in [0.15, 0.2) is 18.2 Å². The van der Waals surface area contributed by atoms with E-state index in [0.717, 1.165) is 12.1 Å². The summed E-state index contributed by atoms with van der Waals surface area (Å²) < 4.78 is 50.2. The molecule has 0 radical (unpaired) electrons. The molecule has 0 bridgehead atoms. The van der Waals surface area contributed by atoms with Gasteiger partial charge in [0.15, 0.2) is 0 Å². The quantitative estimate of drug-likeness (QED) is 0.802. The van der Waals surface area contributed by atoms with Crippen LogP contribution in [0.2, 0.25) is 0 Å². The van der Waals surface area contributed by atoms with Gasteiger partial charge in [0, 0.05) is 6.42 Å². The number of carbonyl (C=O) groups is 1. The molecule has 0 aliphatic carbocycles. The summed E-state index contributed by atoms with van der Waals surface area (Å²) >= 11 is 0. The molecule has 1 aromatic rings. The molecule has 0 saturated carbocycles. The van der Waals surface area contributed by atoms with Crippen LogP contribution in [0.4, 0.5) is 17.6 Å². The van der Waals surface area contributed by atoms with Crippen LogP contribution < -0.4 is 5.73 Å². The highest BCUT2D eigenvalue weighted by Crippen LogP contribution is 2.32. The number of carbonyl (C=O) groups excluding carboxylic acids is 1. The monoisotopic (exact) mass is 235 g/mol. The fourth-order valence-corrected chi connectivity index (χ4v) is 1.30. The Morgan fingerprint density at radius 2 is 1.94 bits per heavy atom. The van der Waals surface area contributed by atoms with Crippen molar-refractivity contribution in [3.8, 4) is 0 Å². The molecule has 0 fully saturated rings. The molecule has 1 rings (SSSR count). The molecule has 2 N–H and O–H groups in total. The van der Waals surface area contributed by atoms with E-state index in [0.29, 0.717) is 6.07 Å². The number of alkyl halides is 3. The van der Waals surface area contributed by atoms with Crippen molar-refractivity contribution in [1.29, 1.82) is 0 Å². The van der Waals surface area contributed by atoms with Crippen molar-refractivity contribution < 1.29 is 22.4 Å². The highest BCUT2D eigenvalue weighted by molar-refractivity contribution is 5.74. The summed E-state index contributed by atoms with van der Waals surface area (Å²) in [6.07, 6.45) is -5.02. The highest BCUT2D eigenvalue weighted by Gasteiger charge is 2.33. The van der Waals surface area contributed by atoms with Crippen LogP contribution in [0, 0.1) is 5.82 Å². The molecule has 6 heteroatoms. The van der Waals surface area contributed by atoms with E-state index in [-0.39, 0.29) is 18.4 Å². The molecule has 2 nitrogen and oxygen atoms in total. The Bertz CT molecular complexity index is 400. The summed E-state index contributed by atoms with van der Waals surface area (Å²) in [5, 5.41) is 0. The molecule has 16 heavy (non-hydrogen) atoms. The zero-order valence-corrected chi connectivity index (χ0v) is 8.14. The van der Waals surface area contributed by atoms with Gasteiger partial charge in [-0.25, -0.2) is 4.39 Å². The van der Waals surface area contributed by atoms with Crippen molar-refractivity contribution in [3.63, 3.8) is 0 Å². The average Bonchev–Trinajstić information content (AvgIpc) is 2.12. The van der Waals surface area contributed by atoms with E-state index in [1.54, 1.807) is 0 Å². The van der Waals surface area contributed by atoms with Crippen LogP contribution in [0.25, 0.3) is 0 Å². The number of halogens is 4. The molecule has 1 amide bonds. The summed E-state index contributed by atoms with van der Waals surface area (Å²) in [6.45, 7) is 0. The second-order valence-electron chi connectivity index (χ2n) is 3.27. The third-order valence-corrected chi connectivity index (χ3v) is 2.01. The lowest BCUT2D eigenvalue weighted by molar-refractivity contribution is -0.138. The lowest BCUT2D eigenvalue weighted by Crippen LogP contribution is -2.14. The van der Waals surface area contributed by atoms with Gasteiger partial charge in [0.2, 0.25) is 5.91 Å². The van der Waals surface area contributed by atoms with Crippen molar-refractivity contribution in [3.05, 3.63) is 35.1 Å². The lowest BCUT2D eigenvalue weighted by Gasteiger charge is -2.12. The van der Waals surface area contributed by atoms with Gasteiger partial charge in [0.25, 0.3) is 0 Å². The predicted molar refractivity (Wildman–Crippen MR) is 48.9 cm³/mol. The average molecular weight is 235 g/mol. The van der Waals surface area contributed by atoms with Crippen molar-refractivity contribution in [2.45, 2.75) is 19.0 Å². The van der Waals surface area contributed by atoms with Gasteiger partial charge in [0.05, 0.1) is 5.56 Å². The summed E-state index contributed by atoms with van der Waals surface area (Å²) in [5.41, 5.74) is 3.63. The van der Waals surface area contributed by atoms with Crippen LogP contribution in [0.5, 0.6) is 0 Å². The Balaban J connectivity index is 3.04. The molecule has 0 saturated heterocycles. The Hall–Kier alpha value is -1.59. The fourth-order valence-electron chi connectivity index (χ4n) is 1.30. The number of amides is 1. The van der Waals surface area contributed by atoms with E-state index in [9.17, 15) is 22.4 Å². The van der Waals surface area contributed by atoms with Crippen LogP contribution >= 0.6 is 0 Å². The number of aryl methyl sites for hydroxylation is 1. The predicted octanol–water partition coefficient (Wildman–Crippen LogP) is 2.26. The second-order valence-corrected chi connectivity index (χ2v) is 3.27. The smallest absolute Gasteiger partial charge is 0.370 e. The molecule has 0 spiro atoms. The minimum absolute atomic E-state index is 0.220. The Morgan fingerprint density at radius 1 is 1.31 bits per heavy atom. The number of nitrogens with two attached hydrogens (primary N) is 1. The third-order valence-electron chi connectivity index (χ3n) is 2.01.